The molecule has 0 spiro atoms. The van der Waals surface area contributed by atoms with Crippen LogP contribution < -0.4 is 0 Å². The van der Waals surface area contributed by atoms with E-state index >= 15 is 0 Å². The van der Waals surface area contributed by atoms with E-state index in [-0.39, 0.29) is 16.8 Å². The maximum Gasteiger partial charge on any atom is 0.312 e. The van der Waals surface area contributed by atoms with E-state index in [4.69, 9.17) is 4.74 Å². The summed E-state index contributed by atoms with van der Waals surface area (Å²) in [7, 11) is 0. The summed E-state index contributed by atoms with van der Waals surface area (Å²) in [6.45, 7) is 5.21. The average Bonchev–Trinajstić information content (AvgIpc) is 2.83. The van der Waals surface area contributed by atoms with E-state index in [1.54, 1.807) is 0 Å². The lowest BCUT2D eigenvalue weighted by Crippen LogP contribution is -2.52. The molecule has 3 fully saturated rings. The summed E-state index contributed by atoms with van der Waals surface area (Å²) < 4.78 is 6.09. The predicted molar refractivity (Wildman–Crippen MR) is 131 cm³/mol. The molecule has 0 bridgehead atoms. The molecule has 3 rings (SSSR count). The van der Waals surface area contributed by atoms with Crippen LogP contribution in [0.5, 0.6) is 0 Å². The number of hydrogen-bond donors (Lipinski definition) is 0. The molecule has 3 aliphatic rings. The minimum atomic E-state index is -0.178. The van der Waals surface area contributed by atoms with Gasteiger partial charge >= 0.3 is 5.97 Å². The Hall–Kier alpha value is -0.530. The van der Waals surface area contributed by atoms with Gasteiger partial charge < -0.3 is 4.74 Å². The maximum atomic E-state index is 13.8. The fourth-order valence-electron chi connectivity index (χ4n) is 7.69. The summed E-state index contributed by atoms with van der Waals surface area (Å²) in [4.78, 5) is 13.8. The zero-order valence-corrected chi connectivity index (χ0v) is 21.0. The van der Waals surface area contributed by atoms with Crippen molar-refractivity contribution in [2.75, 3.05) is 6.61 Å². The lowest BCUT2D eigenvalue weighted by Gasteiger charge is -2.55. The van der Waals surface area contributed by atoms with Crippen LogP contribution in [0.1, 0.15) is 149 Å². The van der Waals surface area contributed by atoms with Crippen molar-refractivity contribution < 1.29 is 9.53 Å². The predicted octanol–water partition coefficient (Wildman–Crippen LogP) is 9.01. The van der Waals surface area contributed by atoms with Gasteiger partial charge in [0.25, 0.3) is 0 Å². The Kier molecular flexibility index (Phi) is 10.2. The summed E-state index contributed by atoms with van der Waals surface area (Å²) in [6, 6.07) is 0. The van der Waals surface area contributed by atoms with Gasteiger partial charge in [-0.05, 0) is 68.6 Å². The van der Waals surface area contributed by atoms with Crippen LogP contribution in [0.3, 0.4) is 0 Å². The monoisotopic (exact) mass is 432 g/mol. The molecule has 3 aliphatic carbocycles. The molecule has 3 saturated carbocycles. The second-order valence-corrected chi connectivity index (χ2v) is 11.5. The highest BCUT2D eigenvalue weighted by Crippen LogP contribution is 2.61. The van der Waals surface area contributed by atoms with E-state index in [1.807, 2.05) is 0 Å². The topological polar surface area (TPSA) is 26.3 Å². The number of hydrogen-bond acceptors (Lipinski definition) is 2. The van der Waals surface area contributed by atoms with Crippen molar-refractivity contribution in [2.24, 2.45) is 22.7 Å². The Bertz CT molecular complexity index is 505. The Labute approximate surface area is 193 Å². The second-order valence-electron chi connectivity index (χ2n) is 11.5. The van der Waals surface area contributed by atoms with Crippen LogP contribution in [0.4, 0.5) is 0 Å². The zero-order chi connectivity index (χ0) is 22.0. The fraction of sp³-hybridized carbons (Fsp3) is 0.966. The van der Waals surface area contributed by atoms with Crippen molar-refractivity contribution in [1.29, 1.82) is 0 Å². The van der Waals surface area contributed by atoms with Gasteiger partial charge in [0.15, 0.2) is 0 Å². The van der Waals surface area contributed by atoms with E-state index in [0.29, 0.717) is 6.61 Å². The van der Waals surface area contributed by atoms with E-state index in [0.717, 1.165) is 31.1 Å². The quantitative estimate of drug-likeness (QED) is 0.240. The van der Waals surface area contributed by atoms with Gasteiger partial charge in [0.1, 0.15) is 0 Å². The standard InChI is InChI=1S/C29H52O2/c1-3-5-7-14-24-31-27(30)29(20-12-9-13-21-29)28(19-6-4-2)22-17-26(18-23-28)25-15-10-8-11-16-25/h25-26H,3-24H2,1-2H3/t26-,28+. The van der Waals surface area contributed by atoms with Crippen molar-refractivity contribution in [3.8, 4) is 0 Å². The summed E-state index contributed by atoms with van der Waals surface area (Å²) in [5.41, 5.74) is 0.0395. The fourth-order valence-corrected chi connectivity index (χ4v) is 7.69. The van der Waals surface area contributed by atoms with E-state index in [1.165, 1.54) is 116 Å². The molecule has 180 valence electrons. The Balaban J connectivity index is 1.72. The molecule has 0 radical (unpaired) electrons. The first-order valence-corrected chi connectivity index (χ1v) is 14.3. The van der Waals surface area contributed by atoms with Gasteiger partial charge in [-0.15, -0.1) is 0 Å². The zero-order valence-electron chi connectivity index (χ0n) is 21.0. The Morgan fingerprint density at radius 3 is 1.97 bits per heavy atom. The van der Waals surface area contributed by atoms with Crippen molar-refractivity contribution in [3.05, 3.63) is 0 Å². The summed E-state index contributed by atoms with van der Waals surface area (Å²) in [6.07, 6.45) is 27.1. The third-order valence-corrected chi connectivity index (χ3v) is 9.66. The number of carbonyl (C=O) groups excluding carboxylic acids is 1. The van der Waals surface area contributed by atoms with Crippen molar-refractivity contribution in [2.45, 2.75) is 149 Å². The molecule has 0 aromatic heterocycles. The molecule has 0 atom stereocenters. The Morgan fingerprint density at radius 2 is 1.32 bits per heavy atom. The molecule has 2 heteroatoms. The molecular formula is C29H52O2. The molecular weight excluding hydrogens is 380 g/mol. The number of ether oxygens (including phenoxy) is 1. The van der Waals surface area contributed by atoms with Gasteiger partial charge in [0, 0.05) is 0 Å². The average molecular weight is 433 g/mol. The SMILES string of the molecule is CCCCCCOC(=O)C1([C@]2(CCCC)CC[C@H](C3CCCCC3)CC2)CCCCC1. The van der Waals surface area contributed by atoms with Crippen LogP contribution in [0.2, 0.25) is 0 Å². The van der Waals surface area contributed by atoms with Crippen LogP contribution in [0, 0.1) is 22.7 Å². The number of esters is 1. The van der Waals surface area contributed by atoms with E-state index < -0.39 is 0 Å². The van der Waals surface area contributed by atoms with Gasteiger partial charge in [-0.25, -0.2) is 0 Å². The van der Waals surface area contributed by atoms with Gasteiger partial charge in [-0.3, -0.25) is 4.79 Å². The number of rotatable bonds is 11. The highest BCUT2D eigenvalue weighted by Gasteiger charge is 2.57. The molecule has 0 aromatic rings. The molecule has 2 nitrogen and oxygen atoms in total. The highest BCUT2D eigenvalue weighted by molar-refractivity contribution is 5.78. The molecule has 0 aromatic carbocycles. The summed E-state index contributed by atoms with van der Waals surface area (Å²) in [5, 5.41) is 0. The lowest BCUT2D eigenvalue weighted by molar-refractivity contribution is -0.175. The summed E-state index contributed by atoms with van der Waals surface area (Å²) in [5.74, 6) is 2.11. The molecule has 0 heterocycles. The van der Waals surface area contributed by atoms with Gasteiger partial charge in [0.05, 0.1) is 12.0 Å². The van der Waals surface area contributed by atoms with Crippen LogP contribution >= 0.6 is 0 Å². The van der Waals surface area contributed by atoms with Crippen molar-refractivity contribution in [3.63, 3.8) is 0 Å². The van der Waals surface area contributed by atoms with Gasteiger partial charge in [0.2, 0.25) is 0 Å². The van der Waals surface area contributed by atoms with Crippen molar-refractivity contribution in [1.82, 2.24) is 0 Å². The maximum absolute atomic E-state index is 13.8. The third-order valence-electron chi connectivity index (χ3n) is 9.66. The highest BCUT2D eigenvalue weighted by atomic mass is 16.5. The normalized spacial score (nSPS) is 29.5. The molecule has 0 aliphatic heterocycles. The second kappa shape index (κ2) is 12.6. The first kappa shape index (κ1) is 25.1. The van der Waals surface area contributed by atoms with Crippen LogP contribution in [-0.2, 0) is 9.53 Å². The largest absolute Gasteiger partial charge is 0.465 e. The number of carbonyl (C=O) groups is 1. The third kappa shape index (κ3) is 6.08. The number of unbranched alkanes of at least 4 members (excludes halogenated alkanes) is 4. The smallest absolute Gasteiger partial charge is 0.312 e. The van der Waals surface area contributed by atoms with E-state index in [9.17, 15) is 4.79 Å². The first-order chi connectivity index (χ1) is 15.2. The van der Waals surface area contributed by atoms with Crippen LogP contribution in [0.25, 0.3) is 0 Å². The summed E-state index contributed by atoms with van der Waals surface area (Å²) >= 11 is 0. The van der Waals surface area contributed by atoms with Crippen LogP contribution in [-0.4, -0.2) is 12.6 Å². The first-order valence-electron chi connectivity index (χ1n) is 14.3. The van der Waals surface area contributed by atoms with Gasteiger partial charge in [-0.1, -0.05) is 97.3 Å². The minimum absolute atomic E-state index is 0.178. The molecule has 31 heavy (non-hydrogen) atoms. The molecule has 0 N–H and O–H groups in total. The van der Waals surface area contributed by atoms with Crippen LogP contribution in [0.15, 0.2) is 0 Å². The van der Waals surface area contributed by atoms with Crippen molar-refractivity contribution >= 4 is 5.97 Å². The molecule has 0 unspecified atom stereocenters. The lowest BCUT2D eigenvalue weighted by atomic mass is 9.49. The minimum Gasteiger partial charge on any atom is -0.465 e. The van der Waals surface area contributed by atoms with Gasteiger partial charge in [-0.2, -0.15) is 0 Å². The van der Waals surface area contributed by atoms with E-state index in [2.05, 4.69) is 13.8 Å². The Morgan fingerprint density at radius 1 is 0.710 bits per heavy atom. The molecule has 0 saturated heterocycles. The molecule has 0 amide bonds.